The van der Waals surface area contributed by atoms with Crippen LogP contribution in [0.25, 0.3) is 33.4 Å². The highest BCUT2D eigenvalue weighted by Gasteiger charge is 2.30. The Morgan fingerprint density at radius 3 is 2.59 bits per heavy atom. The molecule has 2 aromatic heterocycles. The Kier molecular flexibility index (Phi) is 5.19. The molecule has 5 rings (SSSR count). The van der Waals surface area contributed by atoms with Gasteiger partial charge >= 0.3 is 0 Å². The highest BCUT2D eigenvalue weighted by Crippen LogP contribution is 2.39. The molecule has 6 nitrogen and oxygen atoms in total. The summed E-state index contributed by atoms with van der Waals surface area (Å²) in [5.74, 6) is 1.71. The summed E-state index contributed by atoms with van der Waals surface area (Å²) in [6, 6.07) is 12.5. The van der Waals surface area contributed by atoms with Crippen molar-refractivity contribution >= 4 is 16.7 Å². The Morgan fingerprint density at radius 1 is 1.03 bits per heavy atom. The molecule has 0 unspecified atom stereocenters. The molecule has 1 saturated heterocycles. The summed E-state index contributed by atoms with van der Waals surface area (Å²) in [5.41, 5.74) is 4.17. The lowest BCUT2D eigenvalue weighted by atomic mass is 9.98. The Morgan fingerprint density at radius 2 is 1.88 bits per heavy atom. The molecule has 0 saturated carbocycles. The summed E-state index contributed by atoms with van der Waals surface area (Å²) in [6.07, 6.45) is 3.63. The van der Waals surface area contributed by atoms with Crippen LogP contribution in [0.2, 0.25) is 0 Å². The van der Waals surface area contributed by atoms with Crippen molar-refractivity contribution < 1.29 is 13.9 Å². The number of benzene rings is 2. The maximum absolute atomic E-state index is 14.0. The molecule has 0 spiro atoms. The second-order valence-corrected chi connectivity index (χ2v) is 7.91. The predicted molar refractivity (Wildman–Crippen MR) is 122 cm³/mol. The van der Waals surface area contributed by atoms with E-state index in [1.54, 1.807) is 38.7 Å². The lowest BCUT2D eigenvalue weighted by Crippen LogP contribution is -2.52. The predicted octanol–water partition coefficient (Wildman–Crippen LogP) is 4.65. The van der Waals surface area contributed by atoms with E-state index in [-0.39, 0.29) is 11.9 Å². The number of rotatable bonds is 5. The van der Waals surface area contributed by atoms with E-state index in [9.17, 15) is 4.39 Å². The average Bonchev–Trinajstić information content (AvgIpc) is 2.79. The van der Waals surface area contributed by atoms with Crippen molar-refractivity contribution in [3.8, 4) is 28.3 Å². The molecule has 0 aliphatic carbocycles. The minimum absolute atomic E-state index is 0.164. The Bertz CT molecular complexity index is 1290. The van der Waals surface area contributed by atoms with Crippen LogP contribution in [-0.2, 0) is 4.74 Å². The fraction of sp³-hybridized carbons (Fsp3) is 0.240. The average molecular weight is 430 g/mol. The standard InChI is InChI=1S/C25H23FN4O2/c1-15-6-7-18(26)11-20(15)17-9-21-23(22(10-17)32-3)28-24(16-5-4-8-27-12-16)29-25(21)30-13-19(14-30)31-2/h4-12,19H,13-14H2,1-3H3. The molecule has 0 atom stereocenters. The number of pyridine rings is 1. The van der Waals surface area contributed by atoms with Crippen LogP contribution in [0.1, 0.15) is 5.56 Å². The van der Waals surface area contributed by atoms with Crippen LogP contribution in [0.3, 0.4) is 0 Å². The van der Waals surface area contributed by atoms with Crippen LogP contribution < -0.4 is 9.64 Å². The van der Waals surface area contributed by atoms with Crippen LogP contribution in [-0.4, -0.2) is 48.4 Å². The first-order valence-corrected chi connectivity index (χ1v) is 10.4. The fourth-order valence-corrected chi connectivity index (χ4v) is 4.03. The third kappa shape index (κ3) is 3.54. The molecule has 162 valence electrons. The highest BCUT2D eigenvalue weighted by atomic mass is 19.1. The maximum Gasteiger partial charge on any atom is 0.163 e. The highest BCUT2D eigenvalue weighted by molar-refractivity contribution is 5.98. The molecule has 0 bridgehead atoms. The lowest BCUT2D eigenvalue weighted by Gasteiger charge is -2.39. The first kappa shape index (κ1) is 20.3. The molecular formula is C25H23FN4O2. The second-order valence-electron chi connectivity index (χ2n) is 7.91. The minimum Gasteiger partial charge on any atom is -0.494 e. The summed E-state index contributed by atoms with van der Waals surface area (Å²) in [5, 5.41) is 0.852. The largest absolute Gasteiger partial charge is 0.494 e. The van der Waals surface area contributed by atoms with Crippen molar-refractivity contribution in [1.82, 2.24) is 15.0 Å². The molecule has 3 heterocycles. The zero-order chi connectivity index (χ0) is 22.2. The van der Waals surface area contributed by atoms with E-state index in [0.717, 1.165) is 46.5 Å². The number of fused-ring (bicyclic) bond motifs is 1. The van der Waals surface area contributed by atoms with Crippen LogP contribution in [0.4, 0.5) is 10.2 Å². The molecule has 0 radical (unpaired) electrons. The van der Waals surface area contributed by atoms with Gasteiger partial charge in [0.1, 0.15) is 22.9 Å². The molecule has 7 heteroatoms. The van der Waals surface area contributed by atoms with Gasteiger partial charge in [0.15, 0.2) is 5.82 Å². The Balaban J connectivity index is 1.75. The molecule has 4 aromatic rings. The third-order valence-corrected chi connectivity index (χ3v) is 5.88. The Hall–Kier alpha value is -3.58. The van der Waals surface area contributed by atoms with Gasteiger partial charge in [-0.2, -0.15) is 0 Å². The van der Waals surface area contributed by atoms with E-state index in [1.165, 1.54) is 6.07 Å². The SMILES string of the molecule is COc1cc(-c2cc(F)ccc2C)cc2c(N3CC(OC)C3)nc(-c3cccnc3)nc12. The molecule has 32 heavy (non-hydrogen) atoms. The summed E-state index contributed by atoms with van der Waals surface area (Å²) >= 11 is 0. The third-order valence-electron chi connectivity index (χ3n) is 5.88. The normalized spacial score (nSPS) is 13.9. The topological polar surface area (TPSA) is 60.4 Å². The lowest BCUT2D eigenvalue weighted by molar-refractivity contribution is 0.0785. The van der Waals surface area contributed by atoms with E-state index in [2.05, 4.69) is 9.88 Å². The van der Waals surface area contributed by atoms with Gasteiger partial charge in [-0.15, -0.1) is 0 Å². The van der Waals surface area contributed by atoms with Crippen molar-refractivity contribution in [3.05, 3.63) is 66.2 Å². The number of methoxy groups -OCH3 is 2. The zero-order valence-electron chi connectivity index (χ0n) is 18.2. The van der Waals surface area contributed by atoms with Gasteiger partial charge in [0.25, 0.3) is 0 Å². The molecule has 1 aliphatic rings. The Labute approximate surface area is 185 Å². The smallest absolute Gasteiger partial charge is 0.163 e. The van der Waals surface area contributed by atoms with Crippen LogP contribution >= 0.6 is 0 Å². The van der Waals surface area contributed by atoms with E-state index >= 15 is 0 Å². The van der Waals surface area contributed by atoms with Crippen LogP contribution in [0, 0.1) is 12.7 Å². The number of hydrogen-bond acceptors (Lipinski definition) is 6. The quantitative estimate of drug-likeness (QED) is 0.459. The zero-order valence-corrected chi connectivity index (χ0v) is 18.2. The summed E-state index contributed by atoms with van der Waals surface area (Å²) in [4.78, 5) is 16.1. The van der Waals surface area contributed by atoms with E-state index in [1.807, 2.05) is 31.2 Å². The number of aryl methyl sites for hydroxylation is 1. The van der Waals surface area contributed by atoms with Crippen molar-refractivity contribution in [3.63, 3.8) is 0 Å². The number of anilines is 1. The molecule has 0 amide bonds. The number of ether oxygens (including phenoxy) is 2. The molecule has 1 aliphatic heterocycles. The van der Waals surface area contributed by atoms with Gasteiger partial charge in [0, 0.05) is 43.5 Å². The summed E-state index contributed by atoms with van der Waals surface area (Å²) < 4.78 is 25.2. The van der Waals surface area contributed by atoms with Gasteiger partial charge in [-0.3, -0.25) is 4.98 Å². The van der Waals surface area contributed by atoms with Gasteiger partial charge in [-0.25, -0.2) is 14.4 Å². The van der Waals surface area contributed by atoms with Crippen molar-refractivity contribution in [1.29, 1.82) is 0 Å². The van der Waals surface area contributed by atoms with Gasteiger partial charge < -0.3 is 14.4 Å². The summed E-state index contributed by atoms with van der Waals surface area (Å²) in [6.45, 7) is 3.44. The number of halogens is 1. The minimum atomic E-state index is -0.279. The monoisotopic (exact) mass is 430 g/mol. The van der Waals surface area contributed by atoms with Crippen molar-refractivity contribution in [2.24, 2.45) is 0 Å². The van der Waals surface area contributed by atoms with Gasteiger partial charge in [0.2, 0.25) is 0 Å². The molecule has 0 N–H and O–H groups in total. The maximum atomic E-state index is 14.0. The fourth-order valence-electron chi connectivity index (χ4n) is 4.03. The van der Waals surface area contributed by atoms with Crippen molar-refractivity contribution in [2.45, 2.75) is 13.0 Å². The number of aromatic nitrogens is 3. The van der Waals surface area contributed by atoms with Gasteiger partial charge in [-0.1, -0.05) is 6.07 Å². The number of hydrogen-bond donors (Lipinski definition) is 0. The molecular weight excluding hydrogens is 407 g/mol. The summed E-state index contributed by atoms with van der Waals surface area (Å²) in [7, 11) is 3.34. The second kappa shape index (κ2) is 8.16. The van der Waals surface area contributed by atoms with E-state index < -0.39 is 0 Å². The van der Waals surface area contributed by atoms with Gasteiger partial charge in [0.05, 0.1) is 13.2 Å². The van der Waals surface area contributed by atoms with Crippen molar-refractivity contribution in [2.75, 3.05) is 32.2 Å². The van der Waals surface area contributed by atoms with E-state index in [0.29, 0.717) is 17.1 Å². The molecule has 2 aromatic carbocycles. The molecule has 1 fully saturated rings. The van der Waals surface area contributed by atoms with Gasteiger partial charge in [-0.05, 0) is 60.0 Å². The first-order chi connectivity index (χ1) is 15.6. The number of nitrogens with zero attached hydrogens (tertiary/aromatic N) is 4. The van der Waals surface area contributed by atoms with Crippen LogP contribution in [0.5, 0.6) is 5.75 Å². The van der Waals surface area contributed by atoms with E-state index in [4.69, 9.17) is 19.4 Å². The van der Waals surface area contributed by atoms with Crippen LogP contribution in [0.15, 0.2) is 54.9 Å². The first-order valence-electron chi connectivity index (χ1n) is 10.4.